The highest BCUT2D eigenvalue weighted by molar-refractivity contribution is 5.40. The molecule has 0 aliphatic carbocycles. The molecule has 0 aliphatic rings. The Morgan fingerprint density at radius 3 is 2.62 bits per heavy atom. The fourth-order valence-electron chi connectivity index (χ4n) is 1.71. The van der Waals surface area contributed by atoms with Crippen molar-refractivity contribution >= 4 is 5.82 Å². The van der Waals surface area contributed by atoms with E-state index in [0.29, 0.717) is 6.04 Å². The quantitative estimate of drug-likeness (QED) is 0.775. The fourth-order valence-corrected chi connectivity index (χ4v) is 1.71. The third-order valence-electron chi connectivity index (χ3n) is 2.26. The van der Waals surface area contributed by atoms with Crippen molar-refractivity contribution in [2.45, 2.75) is 46.2 Å². The minimum absolute atomic E-state index is 0.423. The molecule has 0 fully saturated rings. The standard InChI is InChI=1S/C13H23N3/c1-5-6-12-7-11(9-14-4)8-13(16-12)15-10(2)3/h7-8,10,14H,5-6,9H2,1-4H3,(H,15,16). The smallest absolute Gasteiger partial charge is 0.126 e. The summed E-state index contributed by atoms with van der Waals surface area (Å²) in [7, 11) is 1.97. The number of anilines is 1. The predicted molar refractivity (Wildman–Crippen MR) is 69.8 cm³/mol. The number of aromatic nitrogens is 1. The number of rotatable bonds is 6. The monoisotopic (exact) mass is 221 g/mol. The van der Waals surface area contributed by atoms with Gasteiger partial charge in [0, 0.05) is 18.3 Å². The summed E-state index contributed by atoms with van der Waals surface area (Å²) in [6.07, 6.45) is 2.18. The van der Waals surface area contributed by atoms with E-state index in [1.165, 1.54) is 11.3 Å². The summed E-state index contributed by atoms with van der Waals surface area (Å²) in [5, 5.41) is 6.54. The zero-order valence-corrected chi connectivity index (χ0v) is 10.8. The molecule has 0 spiro atoms. The van der Waals surface area contributed by atoms with Crippen LogP contribution in [-0.2, 0) is 13.0 Å². The molecule has 0 aliphatic heterocycles. The summed E-state index contributed by atoms with van der Waals surface area (Å²) in [4.78, 5) is 4.61. The zero-order chi connectivity index (χ0) is 12.0. The van der Waals surface area contributed by atoms with Crippen molar-refractivity contribution in [3.8, 4) is 0 Å². The Morgan fingerprint density at radius 1 is 1.31 bits per heavy atom. The average Bonchev–Trinajstić information content (AvgIpc) is 2.17. The molecule has 0 unspecified atom stereocenters. The second-order valence-electron chi connectivity index (χ2n) is 4.43. The lowest BCUT2D eigenvalue weighted by Gasteiger charge is -2.12. The van der Waals surface area contributed by atoms with Crippen LogP contribution in [0.3, 0.4) is 0 Å². The second-order valence-corrected chi connectivity index (χ2v) is 4.43. The molecule has 0 atom stereocenters. The lowest BCUT2D eigenvalue weighted by Crippen LogP contribution is -2.13. The maximum Gasteiger partial charge on any atom is 0.126 e. The molecule has 0 bridgehead atoms. The van der Waals surface area contributed by atoms with Gasteiger partial charge in [-0.2, -0.15) is 0 Å². The minimum atomic E-state index is 0.423. The van der Waals surface area contributed by atoms with Gasteiger partial charge >= 0.3 is 0 Å². The van der Waals surface area contributed by atoms with Crippen LogP contribution < -0.4 is 10.6 Å². The highest BCUT2D eigenvalue weighted by Gasteiger charge is 2.03. The van der Waals surface area contributed by atoms with Crippen LogP contribution >= 0.6 is 0 Å². The third-order valence-corrected chi connectivity index (χ3v) is 2.26. The van der Waals surface area contributed by atoms with Crippen LogP contribution in [0.4, 0.5) is 5.82 Å². The van der Waals surface area contributed by atoms with E-state index in [0.717, 1.165) is 25.2 Å². The Labute approximate surface area is 98.7 Å². The Kier molecular flexibility index (Phi) is 5.26. The minimum Gasteiger partial charge on any atom is -0.368 e. The van der Waals surface area contributed by atoms with E-state index in [1.54, 1.807) is 0 Å². The number of pyridine rings is 1. The number of nitrogens with zero attached hydrogens (tertiary/aromatic N) is 1. The lowest BCUT2D eigenvalue weighted by atomic mass is 10.1. The van der Waals surface area contributed by atoms with Gasteiger partial charge in [0.2, 0.25) is 0 Å². The fraction of sp³-hybridized carbons (Fsp3) is 0.615. The topological polar surface area (TPSA) is 37.0 Å². The first kappa shape index (κ1) is 13.0. The van der Waals surface area contributed by atoms with Gasteiger partial charge in [0.1, 0.15) is 5.82 Å². The highest BCUT2D eigenvalue weighted by atomic mass is 15.0. The second kappa shape index (κ2) is 6.48. The van der Waals surface area contributed by atoms with Crippen molar-refractivity contribution in [1.29, 1.82) is 0 Å². The van der Waals surface area contributed by atoms with E-state index in [9.17, 15) is 0 Å². The van der Waals surface area contributed by atoms with E-state index < -0.39 is 0 Å². The normalized spacial score (nSPS) is 10.8. The van der Waals surface area contributed by atoms with E-state index in [1.807, 2.05) is 7.05 Å². The molecule has 1 rings (SSSR count). The molecule has 0 radical (unpaired) electrons. The van der Waals surface area contributed by atoms with Crippen molar-refractivity contribution in [2.75, 3.05) is 12.4 Å². The van der Waals surface area contributed by atoms with Gasteiger partial charge in [-0.05, 0) is 45.0 Å². The van der Waals surface area contributed by atoms with Gasteiger partial charge in [-0.3, -0.25) is 0 Å². The molecular weight excluding hydrogens is 198 g/mol. The molecule has 0 amide bonds. The molecule has 0 saturated carbocycles. The lowest BCUT2D eigenvalue weighted by molar-refractivity contribution is 0.802. The van der Waals surface area contributed by atoms with E-state index in [2.05, 4.69) is 48.5 Å². The number of hydrogen-bond acceptors (Lipinski definition) is 3. The first-order valence-electron chi connectivity index (χ1n) is 6.06. The molecule has 3 nitrogen and oxygen atoms in total. The SMILES string of the molecule is CCCc1cc(CNC)cc(NC(C)C)n1. The first-order valence-corrected chi connectivity index (χ1v) is 6.06. The van der Waals surface area contributed by atoms with Crippen LogP contribution in [0.15, 0.2) is 12.1 Å². The molecule has 3 heteroatoms. The highest BCUT2D eigenvalue weighted by Crippen LogP contribution is 2.13. The number of nitrogens with one attached hydrogen (secondary N) is 2. The van der Waals surface area contributed by atoms with Crippen molar-refractivity contribution in [2.24, 2.45) is 0 Å². The van der Waals surface area contributed by atoms with Gasteiger partial charge in [-0.25, -0.2) is 4.98 Å². The number of hydrogen-bond donors (Lipinski definition) is 2. The van der Waals surface area contributed by atoms with Gasteiger partial charge in [0.15, 0.2) is 0 Å². The molecule has 1 aromatic rings. The Balaban J connectivity index is 2.88. The molecular formula is C13H23N3. The van der Waals surface area contributed by atoms with Crippen LogP contribution in [0.5, 0.6) is 0 Å². The average molecular weight is 221 g/mol. The van der Waals surface area contributed by atoms with Crippen LogP contribution in [0, 0.1) is 0 Å². The summed E-state index contributed by atoms with van der Waals surface area (Å²) in [6.45, 7) is 7.34. The van der Waals surface area contributed by atoms with Crippen molar-refractivity contribution in [1.82, 2.24) is 10.3 Å². The predicted octanol–water partition coefficient (Wildman–Crippen LogP) is 2.57. The molecule has 2 N–H and O–H groups in total. The summed E-state index contributed by atoms with van der Waals surface area (Å²) >= 11 is 0. The van der Waals surface area contributed by atoms with E-state index >= 15 is 0 Å². The zero-order valence-electron chi connectivity index (χ0n) is 10.8. The van der Waals surface area contributed by atoms with Gasteiger partial charge in [-0.1, -0.05) is 13.3 Å². The van der Waals surface area contributed by atoms with Crippen LogP contribution in [-0.4, -0.2) is 18.1 Å². The summed E-state index contributed by atoms with van der Waals surface area (Å²) in [6, 6.07) is 4.73. The van der Waals surface area contributed by atoms with E-state index in [4.69, 9.17) is 0 Å². The van der Waals surface area contributed by atoms with E-state index in [-0.39, 0.29) is 0 Å². The third kappa shape index (κ3) is 4.19. The summed E-state index contributed by atoms with van der Waals surface area (Å²) in [5.74, 6) is 0.992. The molecule has 90 valence electrons. The van der Waals surface area contributed by atoms with Crippen molar-refractivity contribution in [3.05, 3.63) is 23.4 Å². The van der Waals surface area contributed by atoms with Crippen LogP contribution in [0.2, 0.25) is 0 Å². The molecule has 16 heavy (non-hydrogen) atoms. The number of aryl methyl sites for hydroxylation is 1. The van der Waals surface area contributed by atoms with Gasteiger partial charge in [0.05, 0.1) is 0 Å². The van der Waals surface area contributed by atoms with Crippen LogP contribution in [0.25, 0.3) is 0 Å². The summed E-state index contributed by atoms with van der Waals surface area (Å²) < 4.78 is 0. The van der Waals surface area contributed by atoms with Gasteiger partial charge in [-0.15, -0.1) is 0 Å². The van der Waals surface area contributed by atoms with Crippen molar-refractivity contribution in [3.63, 3.8) is 0 Å². The van der Waals surface area contributed by atoms with Gasteiger partial charge < -0.3 is 10.6 Å². The molecule has 1 aromatic heterocycles. The largest absolute Gasteiger partial charge is 0.368 e. The molecule has 1 heterocycles. The molecule has 0 aromatic carbocycles. The van der Waals surface area contributed by atoms with Crippen molar-refractivity contribution < 1.29 is 0 Å². The first-order chi connectivity index (χ1) is 7.65. The summed E-state index contributed by atoms with van der Waals surface area (Å²) in [5.41, 5.74) is 2.47. The Hall–Kier alpha value is -1.09. The van der Waals surface area contributed by atoms with Crippen LogP contribution in [0.1, 0.15) is 38.4 Å². The maximum atomic E-state index is 4.61. The Bertz CT molecular complexity index is 297. The Morgan fingerprint density at radius 2 is 2.06 bits per heavy atom. The van der Waals surface area contributed by atoms with Gasteiger partial charge in [0.25, 0.3) is 0 Å². The molecule has 0 saturated heterocycles. The maximum absolute atomic E-state index is 4.61.